The highest BCUT2D eigenvalue weighted by Crippen LogP contribution is 2.40. The Morgan fingerprint density at radius 3 is 2.75 bits per heavy atom. The molecule has 0 amide bonds. The van der Waals surface area contributed by atoms with E-state index in [2.05, 4.69) is 9.98 Å². The summed E-state index contributed by atoms with van der Waals surface area (Å²) < 4.78 is 10.5. The predicted octanol–water partition coefficient (Wildman–Crippen LogP) is 3.32. The molecule has 1 aromatic heterocycles. The minimum absolute atomic E-state index is 0.165. The lowest BCUT2D eigenvalue weighted by Gasteiger charge is -2.21. The van der Waals surface area contributed by atoms with Crippen molar-refractivity contribution in [3.63, 3.8) is 0 Å². The maximum absolute atomic E-state index is 11.9. The molecule has 3 rings (SSSR count). The van der Waals surface area contributed by atoms with Gasteiger partial charge in [0.05, 0.1) is 31.4 Å². The fraction of sp³-hybridized carbons (Fsp3) is 0.316. The molecule has 24 heavy (non-hydrogen) atoms. The molecule has 2 heterocycles. The first-order valence-electron chi connectivity index (χ1n) is 7.93. The van der Waals surface area contributed by atoms with E-state index >= 15 is 0 Å². The molecule has 0 bridgehead atoms. The van der Waals surface area contributed by atoms with Crippen molar-refractivity contribution in [2.75, 3.05) is 13.7 Å². The number of benzene rings is 1. The molecule has 0 radical (unpaired) electrons. The first-order valence-corrected chi connectivity index (χ1v) is 7.93. The van der Waals surface area contributed by atoms with Crippen LogP contribution in [-0.4, -0.2) is 30.6 Å². The Morgan fingerprint density at radius 1 is 1.25 bits per heavy atom. The molecule has 1 aromatic carbocycles. The second-order valence-corrected chi connectivity index (χ2v) is 5.85. The molecule has 0 fully saturated rings. The normalized spacial score (nSPS) is 18.7. The molecule has 1 atom stereocenters. The van der Waals surface area contributed by atoms with E-state index in [-0.39, 0.29) is 12.4 Å². The number of rotatable bonds is 4. The summed E-state index contributed by atoms with van der Waals surface area (Å²) in [4.78, 5) is 20.9. The third kappa shape index (κ3) is 2.89. The number of hydrogen-bond donors (Lipinski definition) is 0. The smallest absolute Gasteiger partial charge is 0.308 e. The molecule has 0 saturated carbocycles. The van der Waals surface area contributed by atoms with Gasteiger partial charge in [0, 0.05) is 17.3 Å². The van der Waals surface area contributed by atoms with Crippen LogP contribution in [0, 0.1) is 0 Å². The van der Waals surface area contributed by atoms with Gasteiger partial charge >= 0.3 is 5.97 Å². The average molecular weight is 324 g/mol. The van der Waals surface area contributed by atoms with Gasteiger partial charge < -0.3 is 9.47 Å². The zero-order chi connectivity index (χ0) is 17.2. The van der Waals surface area contributed by atoms with Crippen molar-refractivity contribution in [1.29, 1.82) is 0 Å². The van der Waals surface area contributed by atoms with E-state index < -0.39 is 5.54 Å². The highest BCUT2D eigenvalue weighted by atomic mass is 16.5. The molecule has 5 heteroatoms. The number of carbonyl (C=O) groups excluding carboxylic acids is 1. The van der Waals surface area contributed by atoms with E-state index in [0.717, 1.165) is 22.4 Å². The van der Waals surface area contributed by atoms with E-state index in [1.807, 2.05) is 50.2 Å². The van der Waals surface area contributed by atoms with Crippen LogP contribution >= 0.6 is 0 Å². The van der Waals surface area contributed by atoms with Crippen LogP contribution in [0.2, 0.25) is 0 Å². The van der Waals surface area contributed by atoms with Gasteiger partial charge in [-0.25, -0.2) is 4.99 Å². The molecule has 124 valence electrons. The maximum atomic E-state index is 11.9. The number of aliphatic imine (C=N–C) groups is 1. The van der Waals surface area contributed by atoms with Crippen LogP contribution in [-0.2, 0) is 19.8 Å². The molecular weight excluding hydrogens is 304 g/mol. The number of ether oxygens (including phenoxy) is 2. The fourth-order valence-electron chi connectivity index (χ4n) is 2.95. The van der Waals surface area contributed by atoms with Crippen molar-refractivity contribution in [3.8, 4) is 11.3 Å². The van der Waals surface area contributed by atoms with E-state index in [1.54, 1.807) is 6.20 Å². The Balaban J connectivity index is 2.07. The Bertz CT molecular complexity index is 786. The van der Waals surface area contributed by atoms with Gasteiger partial charge in [-0.1, -0.05) is 12.1 Å². The van der Waals surface area contributed by atoms with Crippen LogP contribution in [0.5, 0.6) is 0 Å². The molecule has 0 aliphatic carbocycles. The number of pyridine rings is 1. The van der Waals surface area contributed by atoms with Gasteiger partial charge in [0.15, 0.2) is 0 Å². The van der Waals surface area contributed by atoms with E-state index in [4.69, 9.17) is 9.47 Å². The minimum atomic E-state index is -0.697. The number of aromatic nitrogens is 1. The van der Waals surface area contributed by atoms with Gasteiger partial charge in [-0.05, 0) is 43.7 Å². The molecule has 0 saturated heterocycles. The zero-order valence-corrected chi connectivity index (χ0v) is 14.1. The Kier molecular flexibility index (Phi) is 4.34. The van der Waals surface area contributed by atoms with Crippen molar-refractivity contribution in [2.24, 2.45) is 4.99 Å². The Labute approximate surface area is 141 Å². The highest BCUT2D eigenvalue weighted by Gasteiger charge is 2.39. The van der Waals surface area contributed by atoms with Crippen LogP contribution < -0.4 is 0 Å². The molecule has 1 aliphatic rings. The number of nitrogens with zero attached hydrogens (tertiary/aromatic N) is 2. The molecule has 1 aliphatic heterocycles. The Hall–Kier alpha value is -2.69. The van der Waals surface area contributed by atoms with Crippen LogP contribution in [0.4, 0.5) is 0 Å². The molecule has 0 N–H and O–H groups in total. The molecule has 0 spiro atoms. The summed E-state index contributed by atoms with van der Waals surface area (Å²) in [5.41, 5.74) is 3.05. The first-order chi connectivity index (χ1) is 11.6. The molecule has 2 aromatic rings. The summed E-state index contributed by atoms with van der Waals surface area (Å²) in [6.45, 7) is 4.37. The summed E-state index contributed by atoms with van der Waals surface area (Å²) in [5, 5.41) is 0. The number of carbonyl (C=O) groups is 1. The number of esters is 1. The van der Waals surface area contributed by atoms with Gasteiger partial charge in [-0.3, -0.25) is 9.78 Å². The standard InChI is InChI=1S/C19H20N2O3/c1-4-24-18-14-9-8-13(16-7-5-6-10-20-16)11-15(14)19(2,21-18)12-17(22)23-3/h5-11H,4,12H2,1-3H3. The van der Waals surface area contributed by atoms with E-state index in [0.29, 0.717) is 12.5 Å². The number of fused-ring (bicyclic) bond motifs is 1. The number of hydrogen-bond acceptors (Lipinski definition) is 5. The number of methoxy groups -OCH3 is 1. The second-order valence-electron chi connectivity index (χ2n) is 5.85. The van der Waals surface area contributed by atoms with Crippen molar-refractivity contribution in [3.05, 3.63) is 53.7 Å². The van der Waals surface area contributed by atoms with Crippen molar-refractivity contribution in [1.82, 2.24) is 4.98 Å². The summed E-state index contributed by atoms with van der Waals surface area (Å²) in [6.07, 6.45) is 1.93. The van der Waals surface area contributed by atoms with Crippen molar-refractivity contribution < 1.29 is 14.3 Å². The van der Waals surface area contributed by atoms with Crippen molar-refractivity contribution in [2.45, 2.75) is 25.8 Å². The van der Waals surface area contributed by atoms with E-state index in [9.17, 15) is 4.79 Å². The van der Waals surface area contributed by atoms with Crippen LogP contribution in [0.3, 0.4) is 0 Å². The lowest BCUT2D eigenvalue weighted by molar-refractivity contribution is -0.141. The monoisotopic (exact) mass is 324 g/mol. The third-order valence-electron chi connectivity index (χ3n) is 4.14. The van der Waals surface area contributed by atoms with E-state index in [1.165, 1.54) is 7.11 Å². The highest BCUT2D eigenvalue weighted by molar-refractivity contribution is 6.00. The summed E-state index contributed by atoms with van der Waals surface area (Å²) in [5.74, 6) is 0.277. The van der Waals surface area contributed by atoms with Gasteiger partial charge in [0.25, 0.3) is 0 Å². The molecule has 1 unspecified atom stereocenters. The van der Waals surface area contributed by atoms with Gasteiger partial charge in [-0.15, -0.1) is 0 Å². The largest absolute Gasteiger partial charge is 0.478 e. The lowest BCUT2D eigenvalue weighted by atomic mass is 9.87. The van der Waals surface area contributed by atoms with Gasteiger partial charge in [0.2, 0.25) is 5.90 Å². The summed E-state index contributed by atoms with van der Waals surface area (Å²) in [6, 6.07) is 11.8. The summed E-state index contributed by atoms with van der Waals surface area (Å²) >= 11 is 0. The molecule has 5 nitrogen and oxygen atoms in total. The van der Waals surface area contributed by atoms with Gasteiger partial charge in [0.1, 0.15) is 0 Å². The molecular formula is C19H20N2O3. The van der Waals surface area contributed by atoms with Crippen LogP contribution in [0.1, 0.15) is 31.4 Å². The second kappa shape index (κ2) is 6.43. The lowest BCUT2D eigenvalue weighted by Crippen LogP contribution is -2.22. The maximum Gasteiger partial charge on any atom is 0.308 e. The van der Waals surface area contributed by atoms with Crippen molar-refractivity contribution >= 4 is 11.9 Å². The SMILES string of the molecule is CCOC1=NC(C)(CC(=O)OC)c2cc(-c3ccccn3)ccc21. The third-order valence-corrected chi connectivity index (χ3v) is 4.14. The fourth-order valence-corrected chi connectivity index (χ4v) is 2.95. The Morgan fingerprint density at radius 2 is 2.08 bits per heavy atom. The topological polar surface area (TPSA) is 60.8 Å². The predicted molar refractivity (Wildman–Crippen MR) is 91.8 cm³/mol. The van der Waals surface area contributed by atoms with Crippen LogP contribution in [0.15, 0.2) is 47.6 Å². The zero-order valence-electron chi connectivity index (χ0n) is 14.1. The average Bonchev–Trinajstić information content (AvgIpc) is 2.87. The first kappa shape index (κ1) is 16.2. The quantitative estimate of drug-likeness (QED) is 0.810. The minimum Gasteiger partial charge on any atom is -0.478 e. The van der Waals surface area contributed by atoms with Crippen LogP contribution in [0.25, 0.3) is 11.3 Å². The van der Waals surface area contributed by atoms with Gasteiger partial charge in [-0.2, -0.15) is 0 Å². The summed E-state index contributed by atoms with van der Waals surface area (Å²) in [7, 11) is 1.39.